The van der Waals surface area contributed by atoms with E-state index in [1.807, 2.05) is 55.3 Å². The van der Waals surface area contributed by atoms with Crippen LogP contribution in [-0.4, -0.2) is 14.1 Å². The second-order valence-corrected chi connectivity index (χ2v) is 6.10. The minimum absolute atomic E-state index is 0.138. The van der Waals surface area contributed by atoms with E-state index < -0.39 is 18.5 Å². The van der Waals surface area contributed by atoms with Gasteiger partial charge >= 0.3 is 25.3 Å². The van der Waals surface area contributed by atoms with Crippen molar-refractivity contribution in [2.75, 3.05) is 5.73 Å². The summed E-state index contributed by atoms with van der Waals surface area (Å²) in [5.74, 6) is 0. The number of non-ortho nitro benzene ring substituents is 1. The number of nitro groups is 1. The van der Waals surface area contributed by atoms with E-state index in [-0.39, 0.29) is 10.6 Å². The number of benzene rings is 2. The zero-order valence-electron chi connectivity index (χ0n) is 14.6. The second kappa shape index (κ2) is 9.09. The third kappa shape index (κ3) is 5.01. The Morgan fingerprint density at radius 2 is 1.37 bits per heavy atom. The molecule has 2 aromatic heterocycles. The van der Waals surface area contributed by atoms with Gasteiger partial charge < -0.3 is 14.9 Å². The van der Waals surface area contributed by atoms with Crippen molar-refractivity contribution >= 4 is 33.2 Å². The molecule has 27 heavy (non-hydrogen) atoms. The number of rotatable bonds is 1. The zero-order chi connectivity index (χ0) is 20.0. The predicted molar refractivity (Wildman–Crippen MR) is 98.3 cm³/mol. The van der Waals surface area contributed by atoms with Crippen molar-refractivity contribution in [3.05, 3.63) is 71.0 Å². The molecule has 0 aliphatic rings. The van der Waals surface area contributed by atoms with Gasteiger partial charge in [0, 0.05) is 66.1 Å². The fraction of sp³-hybridized carbons (Fsp3) is 0.111. The first-order chi connectivity index (χ1) is 12.9. The van der Waals surface area contributed by atoms with Gasteiger partial charge in [-0.05, 0) is 36.4 Å². The average Bonchev–Trinajstić information content (AvgIpc) is 3.19. The summed E-state index contributed by atoms with van der Waals surface area (Å²) in [4.78, 5) is 10.1. The monoisotopic (exact) mass is 549 g/mol. The molecule has 0 radical (unpaired) electrons. The summed E-state index contributed by atoms with van der Waals surface area (Å²) < 4.78 is 21.0. The number of nitro benzene ring substituents is 1. The molecule has 0 saturated carbocycles. The van der Waals surface area contributed by atoms with Crippen molar-refractivity contribution in [1.82, 2.24) is 9.13 Å². The Kier molecular flexibility index (Phi) is 6.84. The van der Waals surface area contributed by atoms with E-state index in [1.54, 1.807) is 12.1 Å². The number of hydrogen-bond acceptors (Lipinski definition) is 5. The molecule has 0 aliphatic heterocycles. The van der Waals surface area contributed by atoms with Crippen molar-refractivity contribution in [3.63, 3.8) is 0 Å². The first kappa shape index (κ1) is 20.3. The maximum atomic E-state index is 10.5. The van der Waals surface area contributed by atoms with Crippen LogP contribution in [0.2, 0.25) is 0 Å². The van der Waals surface area contributed by atoms with Crippen molar-refractivity contribution in [2.45, 2.75) is 0 Å². The van der Waals surface area contributed by atoms with Crippen LogP contribution in [0.4, 0.5) is 11.4 Å². The zero-order valence-corrected chi connectivity index (χ0v) is 16.9. The average molecular weight is 549 g/mol. The molecule has 0 amide bonds. The van der Waals surface area contributed by atoms with Crippen molar-refractivity contribution in [3.8, 4) is 0 Å². The standard InChI is InChI=1S/C9H8N2O2.C9H10N2.2O.Pt/c1-10-5-4-7-6-8(11(12)13)2-3-9(7)10;1-11-5-4-7-6-8(10)2-3-9(7)11;;;/h2-6H,1H3;2-6H,10H2,1H3;;;. The molecule has 4 rings (SSSR count). The fourth-order valence-electron chi connectivity index (χ4n) is 2.68. The van der Waals surface area contributed by atoms with E-state index in [1.165, 1.54) is 17.0 Å². The van der Waals surface area contributed by atoms with Gasteiger partial charge in [0.05, 0.1) is 4.92 Å². The molecule has 2 N–H and O–H groups in total. The van der Waals surface area contributed by atoms with Gasteiger partial charge in [0.25, 0.3) is 5.69 Å². The molecule has 0 saturated heterocycles. The molecule has 4 aromatic rings. The van der Waals surface area contributed by atoms with E-state index >= 15 is 0 Å². The van der Waals surface area contributed by atoms with Gasteiger partial charge in [0.15, 0.2) is 0 Å². The summed E-state index contributed by atoms with van der Waals surface area (Å²) in [6.07, 6.45) is 3.92. The van der Waals surface area contributed by atoms with Gasteiger partial charge in [0.2, 0.25) is 0 Å². The van der Waals surface area contributed by atoms with Crippen LogP contribution in [0.25, 0.3) is 21.8 Å². The van der Waals surface area contributed by atoms with E-state index in [2.05, 4.69) is 10.6 Å². The Morgan fingerprint density at radius 3 is 1.89 bits per heavy atom. The van der Waals surface area contributed by atoms with Gasteiger partial charge in [-0.1, -0.05) is 0 Å². The summed E-state index contributed by atoms with van der Waals surface area (Å²) in [5, 5.41) is 12.6. The normalized spacial score (nSPS) is 10.1. The SMILES string of the molecule is Cn1ccc2cc(N)ccc21.Cn1ccc2cc([N+](=O)[O-])ccc21.[O]=[Pt]=[O]. The summed E-state index contributed by atoms with van der Waals surface area (Å²) in [6, 6.07) is 14.7. The predicted octanol–water partition coefficient (Wildman–Crippen LogP) is 3.61. The minimum atomic E-state index is -1.92. The maximum absolute atomic E-state index is 10.5. The first-order valence-corrected chi connectivity index (χ1v) is 9.57. The third-order valence-corrected chi connectivity index (χ3v) is 3.99. The molecule has 9 heteroatoms. The molecule has 0 bridgehead atoms. The summed E-state index contributed by atoms with van der Waals surface area (Å²) in [5.41, 5.74) is 8.81. The Morgan fingerprint density at radius 1 is 0.889 bits per heavy atom. The molecule has 2 heterocycles. The number of aryl methyl sites for hydroxylation is 2. The number of nitrogens with zero attached hydrogens (tertiary/aromatic N) is 3. The van der Waals surface area contributed by atoms with Crippen LogP contribution in [0.15, 0.2) is 60.9 Å². The molecule has 0 aliphatic carbocycles. The number of hydrogen-bond donors (Lipinski definition) is 1. The molecule has 0 fully saturated rings. The molecule has 2 aromatic carbocycles. The summed E-state index contributed by atoms with van der Waals surface area (Å²) >= 11 is -1.92. The molecule has 8 nitrogen and oxygen atoms in total. The third-order valence-electron chi connectivity index (χ3n) is 3.99. The van der Waals surface area contributed by atoms with E-state index in [0.717, 1.165) is 16.6 Å². The van der Waals surface area contributed by atoms with Crippen LogP contribution in [-0.2, 0) is 39.4 Å². The van der Waals surface area contributed by atoms with Crippen LogP contribution in [0.3, 0.4) is 0 Å². The summed E-state index contributed by atoms with van der Waals surface area (Å²) in [7, 11) is 3.94. The Balaban J connectivity index is 0.000000171. The molecular formula is C18H18N4O4Pt. The van der Waals surface area contributed by atoms with Gasteiger partial charge in [-0.3, -0.25) is 10.1 Å². The molecular weight excluding hydrogens is 531 g/mol. The van der Waals surface area contributed by atoms with Gasteiger partial charge in [-0.15, -0.1) is 0 Å². The van der Waals surface area contributed by atoms with E-state index in [4.69, 9.17) is 12.5 Å². The van der Waals surface area contributed by atoms with Crippen LogP contribution < -0.4 is 5.73 Å². The number of fused-ring (bicyclic) bond motifs is 2. The first-order valence-electron chi connectivity index (χ1n) is 7.71. The second-order valence-electron chi connectivity index (χ2n) is 5.72. The number of nitrogen functional groups attached to an aromatic ring is 1. The van der Waals surface area contributed by atoms with Crippen molar-refractivity contribution in [2.24, 2.45) is 14.1 Å². The van der Waals surface area contributed by atoms with Crippen LogP contribution in [0.5, 0.6) is 0 Å². The molecule has 0 unspecified atom stereocenters. The Bertz CT molecular complexity index is 1130. The molecule has 0 atom stereocenters. The molecule has 0 spiro atoms. The van der Waals surface area contributed by atoms with E-state index in [0.29, 0.717) is 0 Å². The van der Waals surface area contributed by atoms with Crippen molar-refractivity contribution in [1.29, 1.82) is 0 Å². The number of anilines is 1. The number of nitrogens with two attached hydrogens (primary N) is 1. The van der Waals surface area contributed by atoms with Gasteiger partial charge in [-0.25, -0.2) is 0 Å². The summed E-state index contributed by atoms with van der Waals surface area (Å²) in [6.45, 7) is 0. The van der Waals surface area contributed by atoms with E-state index in [9.17, 15) is 10.1 Å². The number of aromatic nitrogens is 2. The van der Waals surface area contributed by atoms with Gasteiger partial charge in [0.1, 0.15) is 0 Å². The Hall–Kier alpha value is -2.99. The van der Waals surface area contributed by atoms with Crippen LogP contribution in [0, 0.1) is 10.1 Å². The quantitative estimate of drug-likeness (QED) is 0.222. The fourth-order valence-corrected chi connectivity index (χ4v) is 2.68. The topological polar surface area (TPSA) is 113 Å². The van der Waals surface area contributed by atoms with Gasteiger partial charge in [-0.2, -0.15) is 0 Å². The van der Waals surface area contributed by atoms with Crippen molar-refractivity contribution < 1.29 is 30.2 Å². The molecule has 144 valence electrons. The Labute approximate surface area is 163 Å². The van der Waals surface area contributed by atoms with Crippen LogP contribution in [0.1, 0.15) is 0 Å². The van der Waals surface area contributed by atoms with Crippen LogP contribution >= 0.6 is 0 Å².